The van der Waals surface area contributed by atoms with Crippen LogP contribution in [0, 0.1) is 0 Å². The average molecular weight is 333 g/mol. The zero-order chi connectivity index (χ0) is 17.1. The van der Waals surface area contributed by atoms with Gasteiger partial charge in [-0.1, -0.05) is 49.6 Å². The molecule has 0 aliphatic heterocycles. The number of aromatic amines is 1. The Labute approximate surface area is 147 Å². The van der Waals surface area contributed by atoms with E-state index in [2.05, 4.69) is 39.9 Å². The summed E-state index contributed by atoms with van der Waals surface area (Å²) in [5.41, 5.74) is 4.04. The van der Waals surface area contributed by atoms with Crippen molar-refractivity contribution in [2.45, 2.75) is 38.1 Å². The van der Waals surface area contributed by atoms with E-state index in [9.17, 15) is 4.79 Å². The van der Waals surface area contributed by atoms with Crippen molar-refractivity contribution in [1.29, 1.82) is 0 Å². The lowest BCUT2D eigenvalue weighted by Crippen LogP contribution is -2.39. The first kappa shape index (κ1) is 15.8. The van der Waals surface area contributed by atoms with Gasteiger partial charge in [0.1, 0.15) is 0 Å². The van der Waals surface area contributed by atoms with Gasteiger partial charge in [0, 0.05) is 33.9 Å². The van der Waals surface area contributed by atoms with Crippen LogP contribution in [-0.4, -0.2) is 17.1 Å². The quantitative estimate of drug-likeness (QED) is 0.599. The Morgan fingerprint density at radius 1 is 0.960 bits per heavy atom. The third kappa shape index (κ3) is 3.68. The average Bonchev–Trinajstić information content (AvgIpc) is 3.07. The first-order valence-corrected chi connectivity index (χ1v) is 9.04. The molecule has 0 saturated heterocycles. The van der Waals surface area contributed by atoms with Gasteiger partial charge in [-0.2, -0.15) is 0 Å². The first-order valence-electron chi connectivity index (χ1n) is 9.04. The summed E-state index contributed by atoms with van der Waals surface area (Å²) in [4.78, 5) is 15.7. The maximum atomic E-state index is 12.2. The molecule has 0 atom stereocenters. The molecule has 1 fully saturated rings. The van der Waals surface area contributed by atoms with E-state index in [1.54, 1.807) is 0 Å². The van der Waals surface area contributed by atoms with Crippen molar-refractivity contribution >= 4 is 22.6 Å². The Kier molecular flexibility index (Phi) is 4.42. The highest BCUT2D eigenvalue weighted by Gasteiger charge is 2.15. The summed E-state index contributed by atoms with van der Waals surface area (Å²) in [6.45, 7) is 0. The fourth-order valence-corrected chi connectivity index (χ4v) is 3.59. The minimum Gasteiger partial charge on any atom is -0.355 e. The number of amides is 2. The SMILES string of the molecule is O=C(Nc1cccc(-c2cc3ccccc3[nH]2)c1)NC1CCCCC1. The van der Waals surface area contributed by atoms with Gasteiger partial charge < -0.3 is 15.6 Å². The molecule has 1 saturated carbocycles. The Morgan fingerprint density at radius 3 is 2.64 bits per heavy atom. The van der Waals surface area contributed by atoms with Crippen molar-refractivity contribution in [3.8, 4) is 11.3 Å². The van der Waals surface area contributed by atoms with E-state index in [1.165, 1.54) is 24.6 Å². The van der Waals surface area contributed by atoms with Crippen molar-refractivity contribution in [2.24, 2.45) is 0 Å². The summed E-state index contributed by atoms with van der Waals surface area (Å²) in [7, 11) is 0. The van der Waals surface area contributed by atoms with Crippen LogP contribution < -0.4 is 10.6 Å². The van der Waals surface area contributed by atoms with Crippen molar-refractivity contribution in [1.82, 2.24) is 10.3 Å². The number of benzene rings is 2. The highest BCUT2D eigenvalue weighted by Crippen LogP contribution is 2.26. The van der Waals surface area contributed by atoms with Crippen molar-refractivity contribution in [3.05, 3.63) is 54.6 Å². The van der Waals surface area contributed by atoms with E-state index >= 15 is 0 Å². The Bertz CT molecular complexity index is 844. The van der Waals surface area contributed by atoms with Crippen LogP contribution in [-0.2, 0) is 0 Å². The lowest BCUT2D eigenvalue weighted by atomic mass is 9.96. The largest absolute Gasteiger partial charge is 0.355 e. The van der Waals surface area contributed by atoms with Gasteiger partial charge in [-0.25, -0.2) is 4.79 Å². The van der Waals surface area contributed by atoms with Crippen molar-refractivity contribution in [3.63, 3.8) is 0 Å². The standard InChI is InChI=1S/C21H23N3O/c25-21(22-17-9-2-1-3-10-17)23-18-11-6-8-15(13-18)20-14-16-7-4-5-12-19(16)24-20/h4-8,11-14,17,24H,1-3,9-10H2,(H2,22,23,25). The summed E-state index contributed by atoms with van der Waals surface area (Å²) in [6.07, 6.45) is 5.87. The lowest BCUT2D eigenvalue weighted by Gasteiger charge is -2.22. The topological polar surface area (TPSA) is 56.9 Å². The molecule has 2 amide bonds. The van der Waals surface area contributed by atoms with Crippen molar-refractivity contribution < 1.29 is 4.79 Å². The maximum Gasteiger partial charge on any atom is 0.319 e. The number of H-pyrrole nitrogens is 1. The molecule has 3 N–H and O–H groups in total. The molecule has 0 radical (unpaired) electrons. The van der Waals surface area contributed by atoms with Crippen LogP contribution in [0.15, 0.2) is 54.6 Å². The molecule has 2 aromatic carbocycles. The Balaban J connectivity index is 1.48. The lowest BCUT2D eigenvalue weighted by molar-refractivity contribution is 0.244. The van der Waals surface area contributed by atoms with Gasteiger partial charge in [0.05, 0.1) is 0 Å². The van der Waals surface area contributed by atoms with Crippen LogP contribution in [0.1, 0.15) is 32.1 Å². The zero-order valence-corrected chi connectivity index (χ0v) is 14.2. The van der Waals surface area contributed by atoms with Crippen LogP contribution >= 0.6 is 0 Å². The highest BCUT2D eigenvalue weighted by molar-refractivity contribution is 5.91. The summed E-state index contributed by atoms with van der Waals surface area (Å²) >= 11 is 0. The number of para-hydroxylation sites is 1. The second kappa shape index (κ2) is 7.01. The molecule has 1 aromatic heterocycles. The maximum absolute atomic E-state index is 12.2. The predicted octanol–water partition coefficient (Wildman–Crippen LogP) is 5.29. The number of carbonyl (C=O) groups is 1. The molecule has 3 aromatic rings. The van der Waals surface area contributed by atoms with E-state index in [1.807, 2.05) is 30.3 Å². The third-order valence-corrected chi connectivity index (χ3v) is 4.90. The molecule has 4 nitrogen and oxygen atoms in total. The summed E-state index contributed by atoms with van der Waals surface area (Å²) in [5.74, 6) is 0. The van der Waals surface area contributed by atoms with Crippen LogP contribution in [0.4, 0.5) is 10.5 Å². The summed E-state index contributed by atoms with van der Waals surface area (Å²) in [6, 6.07) is 18.5. The molecule has 128 valence electrons. The zero-order valence-electron chi connectivity index (χ0n) is 14.2. The van der Waals surface area contributed by atoms with Gasteiger partial charge in [0.15, 0.2) is 0 Å². The molecular formula is C21H23N3O. The number of nitrogens with one attached hydrogen (secondary N) is 3. The number of anilines is 1. The minimum atomic E-state index is -0.110. The molecule has 1 heterocycles. The monoisotopic (exact) mass is 333 g/mol. The van der Waals surface area contributed by atoms with Crippen LogP contribution in [0.25, 0.3) is 22.2 Å². The molecule has 0 bridgehead atoms. The molecule has 1 aliphatic rings. The van der Waals surface area contributed by atoms with E-state index in [0.29, 0.717) is 6.04 Å². The number of hydrogen-bond acceptors (Lipinski definition) is 1. The summed E-state index contributed by atoms with van der Waals surface area (Å²) in [5, 5.41) is 7.25. The van der Waals surface area contributed by atoms with Gasteiger partial charge in [-0.05, 0) is 37.1 Å². The van der Waals surface area contributed by atoms with Crippen molar-refractivity contribution in [2.75, 3.05) is 5.32 Å². The van der Waals surface area contributed by atoms with Gasteiger partial charge in [-0.3, -0.25) is 0 Å². The second-order valence-corrected chi connectivity index (χ2v) is 6.78. The van der Waals surface area contributed by atoms with E-state index in [-0.39, 0.29) is 6.03 Å². The molecule has 4 heteroatoms. The first-order chi connectivity index (χ1) is 12.3. The normalized spacial score (nSPS) is 15.2. The number of carbonyl (C=O) groups excluding carboxylic acids is 1. The third-order valence-electron chi connectivity index (χ3n) is 4.90. The second-order valence-electron chi connectivity index (χ2n) is 6.78. The number of urea groups is 1. The Morgan fingerprint density at radius 2 is 1.80 bits per heavy atom. The fraction of sp³-hybridized carbons (Fsp3) is 0.286. The number of aromatic nitrogens is 1. The Hall–Kier alpha value is -2.75. The smallest absolute Gasteiger partial charge is 0.319 e. The van der Waals surface area contributed by atoms with E-state index < -0.39 is 0 Å². The van der Waals surface area contributed by atoms with Gasteiger partial charge >= 0.3 is 6.03 Å². The predicted molar refractivity (Wildman–Crippen MR) is 103 cm³/mol. The highest BCUT2D eigenvalue weighted by atomic mass is 16.2. The van der Waals surface area contributed by atoms with Crippen LogP contribution in [0.2, 0.25) is 0 Å². The van der Waals surface area contributed by atoms with Crippen LogP contribution in [0.3, 0.4) is 0 Å². The fourth-order valence-electron chi connectivity index (χ4n) is 3.59. The minimum absolute atomic E-state index is 0.110. The molecule has 0 spiro atoms. The molecule has 25 heavy (non-hydrogen) atoms. The van der Waals surface area contributed by atoms with E-state index in [4.69, 9.17) is 0 Å². The van der Waals surface area contributed by atoms with E-state index in [0.717, 1.165) is 35.3 Å². The van der Waals surface area contributed by atoms with Gasteiger partial charge in [0.2, 0.25) is 0 Å². The summed E-state index contributed by atoms with van der Waals surface area (Å²) < 4.78 is 0. The molecule has 4 rings (SSSR count). The number of hydrogen-bond donors (Lipinski definition) is 3. The number of rotatable bonds is 3. The molecule has 0 unspecified atom stereocenters. The van der Waals surface area contributed by atoms with Gasteiger partial charge in [-0.15, -0.1) is 0 Å². The molecular weight excluding hydrogens is 310 g/mol. The number of fused-ring (bicyclic) bond motifs is 1. The van der Waals surface area contributed by atoms with Gasteiger partial charge in [0.25, 0.3) is 0 Å². The van der Waals surface area contributed by atoms with Crippen LogP contribution in [0.5, 0.6) is 0 Å². The molecule has 1 aliphatic carbocycles.